The van der Waals surface area contributed by atoms with E-state index in [1.807, 2.05) is 7.05 Å². The molecule has 2 N–H and O–H groups in total. The highest BCUT2D eigenvalue weighted by Crippen LogP contribution is 2.31. The van der Waals surface area contributed by atoms with Gasteiger partial charge >= 0.3 is 12.2 Å². The standard InChI is InChI=1S/C16H21F3N6O/c1-24-14(11(7-22-24)16(17,18)19)9-21-15(26)20-8-13-10-5-3-4-6-12(10)23-25(13)2/h7H,3-6,8-9H2,1-2H3,(H2,20,21,26). The van der Waals surface area contributed by atoms with Crippen molar-refractivity contribution in [3.8, 4) is 0 Å². The van der Waals surface area contributed by atoms with Crippen LogP contribution in [-0.2, 0) is 46.2 Å². The molecule has 2 amide bonds. The molecule has 0 spiro atoms. The average Bonchev–Trinajstić information content (AvgIpc) is 3.10. The van der Waals surface area contributed by atoms with Gasteiger partial charge in [0.05, 0.1) is 41.9 Å². The number of fused-ring (bicyclic) bond motifs is 1. The van der Waals surface area contributed by atoms with Crippen LogP contribution in [0.3, 0.4) is 0 Å². The smallest absolute Gasteiger partial charge is 0.333 e. The molecule has 0 fully saturated rings. The van der Waals surface area contributed by atoms with E-state index in [2.05, 4.69) is 20.8 Å². The number of aromatic nitrogens is 4. The van der Waals surface area contributed by atoms with Gasteiger partial charge in [0.1, 0.15) is 0 Å². The van der Waals surface area contributed by atoms with Crippen LogP contribution in [0.1, 0.15) is 41.1 Å². The highest BCUT2D eigenvalue weighted by Gasteiger charge is 2.35. The third-order valence-corrected chi connectivity index (χ3v) is 4.65. The summed E-state index contributed by atoms with van der Waals surface area (Å²) in [5.74, 6) is 0. The van der Waals surface area contributed by atoms with Crippen LogP contribution in [0.25, 0.3) is 0 Å². The van der Waals surface area contributed by atoms with E-state index in [1.165, 1.54) is 12.6 Å². The topological polar surface area (TPSA) is 76.8 Å². The number of nitrogens with zero attached hydrogens (tertiary/aromatic N) is 4. The molecule has 1 aliphatic rings. The Labute approximate surface area is 148 Å². The fraction of sp³-hybridized carbons (Fsp3) is 0.562. The van der Waals surface area contributed by atoms with Crippen molar-refractivity contribution < 1.29 is 18.0 Å². The summed E-state index contributed by atoms with van der Waals surface area (Å²) in [4.78, 5) is 12.0. The molecule has 0 radical (unpaired) electrons. The number of urea groups is 1. The molecule has 7 nitrogen and oxygen atoms in total. The lowest BCUT2D eigenvalue weighted by Crippen LogP contribution is -2.36. The monoisotopic (exact) mass is 370 g/mol. The number of carbonyl (C=O) groups excluding carboxylic acids is 1. The van der Waals surface area contributed by atoms with E-state index in [4.69, 9.17) is 0 Å². The van der Waals surface area contributed by atoms with Gasteiger partial charge in [-0.2, -0.15) is 23.4 Å². The van der Waals surface area contributed by atoms with Gasteiger partial charge in [0.25, 0.3) is 0 Å². The molecular formula is C16H21F3N6O. The van der Waals surface area contributed by atoms with Gasteiger partial charge < -0.3 is 10.6 Å². The second-order valence-electron chi connectivity index (χ2n) is 6.37. The minimum absolute atomic E-state index is 0.0921. The van der Waals surface area contributed by atoms with Crippen molar-refractivity contribution in [1.29, 1.82) is 0 Å². The van der Waals surface area contributed by atoms with E-state index in [0.29, 0.717) is 0 Å². The molecule has 10 heteroatoms. The van der Waals surface area contributed by atoms with Crippen molar-refractivity contribution in [1.82, 2.24) is 30.2 Å². The van der Waals surface area contributed by atoms with Gasteiger partial charge in [0.15, 0.2) is 0 Å². The number of aryl methyl sites for hydroxylation is 3. The first kappa shape index (κ1) is 18.3. The summed E-state index contributed by atoms with van der Waals surface area (Å²) in [6, 6.07) is -0.537. The van der Waals surface area contributed by atoms with Crippen molar-refractivity contribution in [2.45, 2.75) is 44.9 Å². The minimum atomic E-state index is -4.50. The Morgan fingerprint density at radius 2 is 1.77 bits per heavy atom. The fourth-order valence-electron chi connectivity index (χ4n) is 3.27. The maximum Gasteiger partial charge on any atom is 0.419 e. The number of hydrogen-bond acceptors (Lipinski definition) is 3. The normalized spacial score (nSPS) is 14.2. The lowest BCUT2D eigenvalue weighted by Gasteiger charge is -2.13. The first-order valence-corrected chi connectivity index (χ1v) is 8.40. The molecular weight excluding hydrogens is 349 g/mol. The summed E-state index contributed by atoms with van der Waals surface area (Å²) in [6.07, 6.45) is 0.344. The van der Waals surface area contributed by atoms with Crippen molar-refractivity contribution in [2.24, 2.45) is 14.1 Å². The number of hydrogen-bond donors (Lipinski definition) is 2. The van der Waals surface area contributed by atoms with Gasteiger partial charge in [0, 0.05) is 14.1 Å². The summed E-state index contributed by atoms with van der Waals surface area (Å²) in [5, 5.41) is 13.2. The fourth-order valence-corrected chi connectivity index (χ4v) is 3.27. The van der Waals surface area contributed by atoms with E-state index in [1.54, 1.807) is 4.68 Å². The Morgan fingerprint density at radius 1 is 1.12 bits per heavy atom. The van der Waals surface area contributed by atoms with Crippen LogP contribution in [-0.4, -0.2) is 25.6 Å². The zero-order chi connectivity index (χ0) is 18.9. The molecule has 26 heavy (non-hydrogen) atoms. The van der Waals surface area contributed by atoms with Crippen molar-refractivity contribution >= 4 is 6.03 Å². The van der Waals surface area contributed by atoms with Crippen LogP contribution < -0.4 is 10.6 Å². The molecule has 0 unspecified atom stereocenters. The number of nitrogens with one attached hydrogen (secondary N) is 2. The zero-order valence-corrected chi connectivity index (χ0v) is 14.7. The molecule has 2 aromatic rings. The van der Waals surface area contributed by atoms with Crippen LogP contribution >= 0.6 is 0 Å². The zero-order valence-electron chi connectivity index (χ0n) is 14.7. The number of carbonyl (C=O) groups is 1. The van der Waals surface area contributed by atoms with Gasteiger partial charge in [0.2, 0.25) is 0 Å². The van der Waals surface area contributed by atoms with E-state index >= 15 is 0 Å². The largest absolute Gasteiger partial charge is 0.419 e. The predicted molar refractivity (Wildman–Crippen MR) is 87.1 cm³/mol. The first-order chi connectivity index (χ1) is 12.3. The summed E-state index contributed by atoms with van der Waals surface area (Å²) in [7, 11) is 3.24. The molecule has 0 saturated heterocycles. The number of halogens is 3. The molecule has 1 aliphatic carbocycles. The third-order valence-electron chi connectivity index (χ3n) is 4.65. The van der Waals surface area contributed by atoms with Crippen molar-refractivity contribution in [2.75, 3.05) is 0 Å². The van der Waals surface area contributed by atoms with Crippen molar-refractivity contribution in [3.63, 3.8) is 0 Å². The summed E-state index contributed by atoms with van der Waals surface area (Å²) < 4.78 is 41.7. The predicted octanol–water partition coefficient (Wildman–Crippen LogP) is 2.05. The van der Waals surface area contributed by atoms with Crippen LogP contribution in [0, 0.1) is 0 Å². The molecule has 0 bridgehead atoms. The van der Waals surface area contributed by atoms with E-state index in [-0.39, 0.29) is 18.8 Å². The van der Waals surface area contributed by atoms with E-state index in [9.17, 15) is 18.0 Å². The van der Waals surface area contributed by atoms with E-state index < -0.39 is 17.8 Å². The van der Waals surface area contributed by atoms with E-state index in [0.717, 1.165) is 47.9 Å². The second kappa shape index (κ2) is 7.00. The molecule has 142 valence electrons. The Bertz CT molecular complexity index is 808. The maximum atomic E-state index is 12.9. The van der Waals surface area contributed by atoms with Gasteiger partial charge in [-0.15, -0.1) is 0 Å². The second-order valence-corrected chi connectivity index (χ2v) is 6.37. The summed E-state index contributed by atoms with van der Waals surface area (Å²) in [6.45, 7) is 0.0167. The van der Waals surface area contributed by atoms with Gasteiger partial charge in [-0.25, -0.2) is 4.79 Å². The minimum Gasteiger partial charge on any atom is -0.333 e. The Kier molecular flexibility index (Phi) is 4.92. The molecule has 0 aromatic carbocycles. The SMILES string of the molecule is Cn1ncc(C(F)(F)F)c1CNC(=O)NCc1c2c(nn1C)CCCC2. The Hall–Kier alpha value is -2.52. The first-order valence-electron chi connectivity index (χ1n) is 8.40. The number of amides is 2. The Balaban J connectivity index is 1.60. The quantitative estimate of drug-likeness (QED) is 0.865. The highest BCUT2D eigenvalue weighted by molar-refractivity contribution is 5.73. The number of rotatable bonds is 4. The lowest BCUT2D eigenvalue weighted by molar-refractivity contribution is -0.138. The molecule has 2 heterocycles. The van der Waals surface area contributed by atoms with Crippen LogP contribution in [0.2, 0.25) is 0 Å². The molecule has 0 saturated carbocycles. The maximum absolute atomic E-state index is 12.9. The van der Waals surface area contributed by atoms with Crippen LogP contribution in [0.15, 0.2) is 6.20 Å². The summed E-state index contributed by atoms with van der Waals surface area (Å²) >= 11 is 0. The molecule has 0 atom stereocenters. The lowest BCUT2D eigenvalue weighted by atomic mass is 9.96. The van der Waals surface area contributed by atoms with Gasteiger partial charge in [-0.1, -0.05) is 0 Å². The average molecular weight is 370 g/mol. The highest BCUT2D eigenvalue weighted by atomic mass is 19.4. The van der Waals surface area contributed by atoms with Crippen LogP contribution in [0.4, 0.5) is 18.0 Å². The summed E-state index contributed by atoms with van der Waals surface area (Å²) in [5.41, 5.74) is 2.24. The molecule has 0 aliphatic heterocycles. The molecule has 3 rings (SSSR count). The van der Waals surface area contributed by atoms with Gasteiger partial charge in [-0.3, -0.25) is 9.36 Å². The molecule has 2 aromatic heterocycles. The Morgan fingerprint density at radius 3 is 2.46 bits per heavy atom. The number of alkyl halides is 3. The van der Waals surface area contributed by atoms with Crippen LogP contribution in [0.5, 0.6) is 0 Å². The van der Waals surface area contributed by atoms with Gasteiger partial charge in [-0.05, 0) is 31.2 Å². The third kappa shape index (κ3) is 3.68. The van der Waals surface area contributed by atoms with Crippen molar-refractivity contribution in [3.05, 3.63) is 34.4 Å².